The van der Waals surface area contributed by atoms with Crippen molar-refractivity contribution in [2.24, 2.45) is 0 Å². The molecule has 1 aromatic rings. The van der Waals surface area contributed by atoms with E-state index in [1.54, 1.807) is 6.20 Å². The van der Waals surface area contributed by atoms with Crippen molar-refractivity contribution in [3.63, 3.8) is 0 Å². The largest absolute Gasteiger partial charge is 0.378 e. The first-order valence-electron chi connectivity index (χ1n) is 7.31. The van der Waals surface area contributed by atoms with Crippen molar-refractivity contribution in [2.75, 3.05) is 37.8 Å². The fourth-order valence-corrected chi connectivity index (χ4v) is 1.99. The van der Waals surface area contributed by atoms with Crippen molar-refractivity contribution >= 4 is 11.7 Å². The van der Waals surface area contributed by atoms with E-state index in [0.29, 0.717) is 6.54 Å². The molecule has 1 amide bonds. The SMILES string of the molecule is CC(C)OCC(=O)NCc1ccc(N2CCOCC2)nc1. The van der Waals surface area contributed by atoms with Gasteiger partial charge in [-0.15, -0.1) is 0 Å². The van der Waals surface area contributed by atoms with Gasteiger partial charge in [0.25, 0.3) is 0 Å². The zero-order valence-corrected chi connectivity index (χ0v) is 12.7. The lowest BCUT2D eigenvalue weighted by Crippen LogP contribution is -2.36. The predicted molar refractivity (Wildman–Crippen MR) is 80.2 cm³/mol. The number of rotatable bonds is 6. The third-order valence-corrected chi connectivity index (χ3v) is 3.18. The highest BCUT2D eigenvalue weighted by Crippen LogP contribution is 2.12. The molecule has 116 valence electrons. The highest BCUT2D eigenvalue weighted by Gasteiger charge is 2.12. The van der Waals surface area contributed by atoms with Crippen molar-refractivity contribution in [3.05, 3.63) is 23.9 Å². The van der Waals surface area contributed by atoms with E-state index in [1.165, 1.54) is 0 Å². The molecule has 6 nitrogen and oxygen atoms in total. The summed E-state index contributed by atoms with van der Waals surface area (Å²) in [6.45, 7) is 7.60. The van der Waals surface area contributed by atoms with E-state index in [1.807, 2.05) is 26.0 Å². The highest BCUT2D eigenvalue weighted by atomic mass is 16.5. The van der Waals surface area contributed by atoms with E-state index in [2.05, 4.69) is 15.2 Å². The number of morpholine rings is 1. The molecule has 1 fully saturated rings. The second-order valence-corrected chi connectivity index (χ2v) is 5.26. The molecule has 1 N–H and O–H groups in total. The van der Waals surface area contributed by atoms with E-state index >= 15 is 0 Å². The summed E-state index contributed by atoms with van der Waals surface area (Å²) in [6, 6.07) is 3.97. The van der Waals surface area contributed by atoms with Gasteiger partial charge in [-0.25, -0.2) is 4.98 Å². The molecular weight excluding hydrogens is 270 g/mol. The Balaban J connectivity index is 1.78. The summed E-state index contributed by atoms with van der Waals surface area (Å²) in [7, 11) is 0. The van der Waals surface area contributed by atoms with Gasteiger partial charge in [0.05, 0.1) is 19.3 Å². The first kappa shape index (κ1) is 15.7. The van der Waals surface area contributed by atoms with Crippen LogP contribution in [0.1, 0.15) is 19.4 Å². The third-order valence-electron chi connectivity index (χ3n) is 3.18. The molecule has 0 atom stereocenters. The number of aromatic nitrogens is 1. The fourth-order valence-electron chi connectivity index (χ4n) is 1.99. The van der Waals surface area contributed by atoms with E-state index in [4.69, 9.17) is 9.47 Å². The Morgan fingerprint density at radius 1 is 1.43 bits per heavy atom. The predicted octanol–water partition coefficient (Wildman–Crippen LogP) is 0.959. The fraction of sp³-hybridized carbons (Fsp3) is 0.600. The minimum Gasteiger partial charge on any atom is -0.378 e. The van der Waals surface area contributed by atoms with Gasteiger partial charge in [-0.05, 0) is 25.5 Å². The first-order valence-corrected chi connectivity index (χ1v) is 7.31. The van der Waals surface area contributed by atoms with Crippen molar-refractivity contribution in [1.29, 1.82) is 0 Å². The van der Waals surface area contributed by atoms with Crippen LogP contribution in [0.15, 0.2) is 18.3 Å². The number of nitrogens with one attached hydrogen (secondary N) is 1. The Labute approximate surface area is 125 Å². The van der Waals surface area contributed by atoms with Crippen LogP contribution in [0.2, 0.25) is 0 Å². The van der Waals surface area contributed by atoms with Gasteiger partial charge in [-0.1, -0.05) is 6.07 Å². The smallest absolute Gasteiger partial charge is 0.246 e. The number of pyridine rings is 1. The number of carbonyl (C=O) groups excluding carboxylic acids is 1. The van der Waals surface area contributed by atoms with Gasteiger partial charge in [0.1, 0.15) is 12.4 Å². The number of carbonyl (C=O) groups is 1. The first-order chi connectivity index (χ1) is 10.1. The lowest BCUT2D eigenvalue weighted by atomic mass is 10.2. The van der Waals surface area contributed by atoms with Gasteiger partial charge >= 0.3 is 0 Å². The topological polar surface area (TPSA) is 63.7 Å². The quantitative estimate of drug-likeness (QED) is 0.846. The van der Waals surface area contributed by atoms with Gasteiger partial charge < -0.3 is 19.7 Å². The van der Waals surface area contributed by atoms with Crippen LogP contribution < -0.4 is 10.2 Å². The third kappa shape index (κ3) is 5.32. The summed E-state index contributed by atoms with van der Waals surface area (Å²) >= 11 is 0. The molecular formula is C15H23N3O3. The number of amides is 1. The Kier molecular flexibility index (Phi) is 5.95. The van der Waals surface area contributed by atoms with Crippen molar-refractivity contribution in [1.82, 2.24) is 10.3 Å². The van der Waals surface area contributed by atoms with Crippen molar-refractivity contribution < 1.29 is 14.3 Å². The molecule has 1 aliphatic heterocycles. The summed E-state index contributed by atoms with van der Waals surface area (Å²) in [4.78, 5) is 18.2. The second kappa shape index (κ2) is 7.95. The molecule has 1 aromatic heterocycles. The molecule has 0 aromatic carbocycles. The van der Waals surface area contributed by atoms with E-state index < -0.39 is 0 Å². The lowest BCUT2D eigenvalue weighted by molar-refractivity contribution is -0.127. The zero-order valence-electron chi connectivity index (χ0n) is 12.7. The number of hydrogen-bond donors (Lipinski definition) is 1. The van der Waals surface area contributed by atoms with Crippen LogP contribution in [0.4, 0.5) is 5.82 Å². The summed E-state index contributed by atoms with van der Waals surface area (Å²) in [5.74, 6) is 0.845. The lowest BCUT2D eigenvalue weighted by Gasteiger charge is -2.27. The molecule has 1 saturated heterocycles. The molecule has 0 saturated carbocycles. The Bertz CT molecular complexity index is 442. The van der Waals surface area contributed by atoms with E-state index in [9.17, 15) is 4.79 Å². The average Bonchev–Trinajstić information content (AvgIpc) is 2.52. The molecule has 0 radical (unpaired) electrons. The van der Waals surface area contributed by atoms with Crippen LogP contribution in [0, 0.1) is 0 Å². The molecule has 1 aliphatic rings. The standard InChI is InChI=1S/C15H23N3O3/c1-12(2)21-11-15(19)17-10-13-3-4-14(16-9-13)18-5-7-20-8-6-18/h3-4,9,12H,5-8,10-11H2,1-2H3,(H,17,19). The van der Waals surface area contributed by atoms with Crippen LogP contribution >= 0.6 is 0 Å². The van der Waals surface area contributed by atoms with Gasteiger partial charge in [-0.3, -0.25) is 4.79 Å². The van der Waals surface area contributed by atoms with Gasteiger partial charge in [-0.2, -0.15) is 0 Å². The maximum atomic E-state index is 11.6. The summed E-state index contributed by atoms with van der Waals surface area (Å²) in [5, 5.41) is 2.82. The van der Waals surface area contributed by atoms with Crippen molar-refractivity contribution in [2.45, 2.75) is 26.5 Å². The summed E-state index contributed by atoms with van der Waals surface area (Å²) < 4.78 is 10.6. The zero-order chi connectivity index (χ0) is 15.1. The Hall–Kier alpha value is -1.66. The maximum Gasteiger partial charge on any atom is 0.246 e. The molecule has 0 spiro atoms. The van der Waals surface area contributed by atoms with Gasteiger partial charge in [0.15, 0.2) is 0 Å². The normalized spacial score (nSPS) is 15.3. The molecule has 0 unspecified atom stereocenters. The van der Waals surface area contributed by atoms with Crippen LogP contribution in [0.25, 0.3) is 0 Å². The number of anilines is 1. The Morgan fingerprint density at radius 3 is 2.81 bits per heavy atom. The summed E-state index contributed by atoms with van der Waals surface area (Å²) in [6.07, 6.45) is 1.86. The van der Waals surface area contributed by atoms with E-state index in [0.717, 1.165) is 37.7 Å². The van der Waals surface area contributed by atoms with Crippen LogP contribution in [0.3, 0.4) is 0 Å². The monoisotopic (exact) mass is 293 g/mol. The number of nitrogens with zero attached hydrogens (tertiary/aromatic N) is 2. The maximum absolute atomic E-state index is 11.6. The van der Waals surface area contributed by atoms with Crippen LogP contribution in [0.5, 0.6) is 0 Å². The molecule has 6 heteroatoms. The minimum absolute atomic E-state index is 0.0604. The average molecular weight is 293 g/mol. The minimum atomic E-state index is -0.110. The highest BCUT2D eigenvalue weighted by molar-refractivity contribution is 5.77. The molecule has 0 bridgehead atoms. The molecule has 2 heterocycles. The molecule has 0 aliphatic carbocycles. The number of ether oxygens (including phenoxy) is 2. The van der Waals surface area contributed by atoms with E-state index in [-0.39, 0.29) is 18.6 Å². The van der Waals surface area contributed by atoms with Crippen molar-refractivity contribution in [3.8, 4) is 0 Å². The molecule has 2 rings (SSSR count). The number of hydrogen-bond acceptors (Lipinski definition) is 5. The van der Waals surface area contributed by atoms with Crippen LogP contribution in [-0.4, -0.2) is 49.9 Å². The molecule has 21 heavy (non-hydrogen) atoms. The Morgan fingerprint density at radius 2 is 2.19 bits per heavy atom. The second-order valence-electron chi connectivity index (χ2n) is 5.26. The van der Waals surface area contributed by atoms with Gasteiger partial charge in [0.2, 0.25) is 5.91 Å². The van der Waals surface area contributed by atoms with Crippen LogP contribution in [-0.2, 0) is 20.8 Å². The van der Waals surface area contributed by atoms with Gasteiger partial charge in [0, 0.05) is 25.8 Å². The summed E-state index contributed by atoms with van der Waals surface area (Å²) in [5.41, 5.74) is 0.977.